The lowest BCUT2D eigenvalue weighted by molar-refractivity contribution is -0.135. The van der Waals surface area contributed by atoms with Crippen molar-refractivity contribution >= 4 is 23.5 Å². The van der Waals surface area contributed by atoms with Crippen LogP contribution in [0.3, 0.4) is 0 Å². The van der Waals surface area contributed by atoms with Crippen LogP contribution in [0.2, 0.25) is 0 Å². The van der Waals surface area contributed by atoms with Gasteiger partial charge < -0.3 is 15.5 Å². The van der Waals surface area contributed by atoms with Gasteiger partial charge in [0.1, 0.15) is 17.9 Å². The van der Waals surface area contributed by atoms with Crippen molar-refractivity contribution in [3.8, 4) is 0 Å². The summed E-state index contributed by atoms with van der Waals surface area (Å²) < 4.78 is 14.2. The molecule has 2 fully saturated rings. The minimum atomic E-state index is -0.915. The quantitative estimate of drug-likeness (QED) is 0.713. The van der Waals surface area contributed by atoms with E-state index in [9.17, 15) is 18.8 Å². The predicted molar refractivity (Wildman–Crippen MR) is 108 cm³/mol. The molecule has 29 heavy (non-hydrogen) atoms. The number of hydrogen-bond acceptors (Lipinski definition) is 4. The molecular weight excluding hydrogens is 375 g/mol. The SMILES string of the molecule is CCC1(CC)NC(=O)N(CC(=O)NC2CCCN(c3cc(C)ccc3F)C2)C1=O. The molecule has 0 bridgehead atoms. The molecule has 7 nitrogen and oxygen atoms in total. The number of carbonyl (C=O) groups is 3. The molecule has 2 aliphatic heterocycles. The highest BCUT2D eigenvalue weighted by atomic mass is 19.1. The van der Waals surface area contributed by atoms with Crippen molar-refractivity contribution < 1.29 is 18.8 Å². The molecule has 1 unspecified atom stereocenters. The third-order valence-electron chi connectivity index (χ3n) is 5.98. The van der Waals surface area contributed by atoms with Gasteiger partial charge in [-0.2, -0.15) is 0 Å². The number of nitrogens with one attached hydrogen (secondary N) is 2. The first-order chi connectivity index (χ1) is 13.8. The average Bonchev–Trinajstić information content (AvgIpc) is 2.94. The van der Waals surface area contributed by atoms with Gasteiger partial charge in [0.05, 0.1) is 5.69 Å². The topological polar surface area (TPSA) is 81.8 Å². The van der Waals surface area contributed by atoms with Crippen LogP contribution in [-0.2, 0) is 9.59 Å². The summed E-state index contributed by atoms with van der Waals surface area (Å²) in [6.07, 6.45) is 2.54. The second kappa shape index (κ2) is 8.39. The minimum Gasteiger partial charge on any atom is -0.367 e. The fraction of sp³-hybridized carbons (Fsp3) is 0.571. The number of hydrogen-bond donors (Lipinski definition) is 2. The van der Waals surface area contributed by atoms with Crippen molar-refractivity contribution in [2.45, 2.75) is 58.0 Å². The maximum absolute atomic E-state index is 14.2. The number of aryl methyl sites for hydroxylation is 1. The van der Waals surface area contributed by atoms with Gasteiger partial charge in [0.15, 0.2) is 0 Å². The molecule has 0 radical (unpaired) electrons. The Morgan fingerprint density at radius 1 is 1.31 bits per heavy atom. The largest absolute Gasteiger partial charge is 0.367 e. The molecule has 2 N–H and O–H groups in total. The van der Waals surface area contributed by atoms with E-state index in [4.69, 9.17) is 0 Å². The fourth-order valence-electron chi connectivity index (χ4n) is 4.14. The van der Waals surface area contributed by atoms with E-state index in [0.29, 0.717) is 25.1 Å². The van der Waals surface area contributed by atoms with Gasteiger partial charge in [0.2, 0.25) is 5.91 Å². The van der Waals surface area contributed by atoms with E-state index < -0.39 is 11.6 Å². The van der Waals surface area contributed by atoms with Crippen molar-refractivity contribution in [3.05, 3.63) is 29.6 Å². The lowest BCUT2D eigenvalue weighted by Crippen LogP contribution is -2.51. The van der Waals surface area contributed by atoms with E-state index in [1.165, 1.54) is 6.07 Å². The molecule has 1 aromatic carbocycles. The highest BCUT2D eigenvalue weighted by Crippen LogP contribution is 2.26. The number of imide groups is 1. The molecule has 2 heterocycles. The molecule has 0 aromatic heterocycles. The highest BCUT2D eigenvalue weighted by Gasteiger charge is 2.49. The van der Waals surface area contributed by atoms with Crippen LogP contribution >= 0.6 is 0 Å². The lowest BCUT2D eigenvalue weighted by Gasteiger charge is -2.35. The van der Waals surface area contributed by atoms with Gasteiger partial charge in [0, 0.05) is 19.1 Å². The number of piperidine rings is 1. The van der Waals surface area contributed by atoms with Gasteiger partial charge in [-0.15, -0.1) is 0 Å². The molecule has 2 saturated heterocycles. The summed E-state index contributed by atoms with van der Waals surface area (Å²) in [6.45, 7) is 6.49. The minimum absolute atomic E-state index is 0.168. The van der Waals surface area contributed by atoms with Gasteiger partial charge in [0.25, 0.3) is 5.91 Å². The Bertz CT molecular complexity index is 809. The van der Waals surface area contributed by atoms with Crippen molar-refractivity contribution in [3.63, 3.8) is 0 Å². The van der Waals surface area contributed by atoms with Crippen molar-refractivity contribution in [2.24, 2.45) is 0 Å². The highest BCUT2D eigenvalue weighted by molar-refractivity contribution is 6.09. The third kappa shape index (κ3) is 4.21. The van der Waals surface area contributed by atoms with Crippen LogP contribution in [0.4, 0.5) is 14.9 Å². The lowest BCUT2D eigenvalue weighted by atomic mass is 9.93. The number of carbonyl (C=O) groups excluding carboxylic acids is 3. The van der Waals surface area contributed by atoms with Gasteiger partial charge in [-0.1, -0.05) is 19.9 Å². The molecule has 0 saturated carbocycles. The molecule has 1 aromatic rings. The van der Waals surface area contributed by atoms with E-state index in [1.807, 2.05) is 31.7 Å². The Hall–Kier alpha value is -2.64. The van der Waals surface area contributed by atoms with Crippen LogP contribution in [0.5, 0.6) is 0 Å². The number of amides is 4. The van der Waals surface area contributed by atoms with Crippen LogP contribution in [-0.4, -0.2) is 54.0 Å². The van der Waals surface area contributed by atoms with Crippen LogP contribution in [0.25, 0.3) is 0 Å². The zero-order valence-corrected chi connectivity index (χ0v) is 17.3. The van der Waals surface area contributed by atoms with Gasteiger partial charge in [-0.3, -0.25) is 14.5 Å². The number of halogens is 1. The number of urea groups is 1. The summed E-state index contributed by atoms with van der Waals surface area (Å²) >= 11 is 0. The monoisotopic (exact) mass is 404 g/mol. The molecule has 1 atom stereocenters. The van der Waals surface area contributed by atoms with Gasteiger partial charge in [-0.25, -0.2) is 9.18 Å². The number of rotatable bonds is 6. The Labute approximate surface area is 170 Å². The van der Waals surface area contributed by atoms with E-state index in [1.54, 1.807) is 6.07 Å². The second-order valence-corrected chi connectivity index (χ2v) is 7.92. The average molecular weight is 404 g/mol. The van der Waals surface area contributed by atoms with E-state index in [2.05, 4.69) is 10.6 Å². The fourth-order valence-corrected chi connectivity index (χ4v) is 4.14. The first kappa shape index (κ1) is 21.1. The van der Waals surface area contributed by atoms with Crippen molar-refractivity contribution in [1.29, 1.82) is 0 Å². The maximum atomic E-state index is 14.2. The summed E-state index contributed by atoms with van der Waals surface area (Å²) in [4.78, 5) is 40.3. The molecule has 2 aliphatic rings. The summed E-state index contributed by atoms with van der Waals surface area (Å²) in [5.41, 5.74) is 0.594. The van der Waals surface area contributed by atoms with Crippen LogP contribution < -0.4 is 15.5 Å². The van der Waals surface area contributed by atoms with E-state index in [-0.39, 0.29) is 30.2 Å². The zero-order chi connectivity index (χ0) is 21.2. The first-order valence-corrected chi connectivity index (χ1v) is 10.2. The van der Waals surface area contributed by atoms with Crippen molar-refractivity contribution in [1.82, 2.24) is 15.5 Å². The molecular formula is C21H29FN4O3. The second-order valence-electron chi connectivity index (χ2n) is 7.92. The van der Waals surface area contributed by atoms with E-state index >= 15 is 0 Å². The molecule has 4 amide bonds. The van der Waals surface area contributed by atoms with Crippen molar-refractivity contribution in [2.75, 3.05) is 24.5 Å². The Balaban J connectivity index is 1.61. The summed E-state index contributed by atoms with van der Waals surface area (Å²) in [5, 5.41) is 5.63. The number of anilines is 1. The molecule has 3 rings (SSSR count). The molecule has 0 spiro atoms. The predicted octanol–water partition coefficient (Wildman–Crippen LogP) is 2.33. The number of benzene rings is 1. The van der Waals surface area contributed by atoms with Gasteiger partial charge in [-0.05, 0) is 50.3 Å². The van der Waals surface area contributed by atoms with E-state index in [0.717, 1.165) is 29.8 Å². The molecule has 158 valence electrons. The zero-order valence-electron chi connectivity index (χ0n) is 17.3. The Kier molecular flexibility index (Phi) is 6.10. The third-order valence-corrected chi connectivity index (χ3v) is 5.98. The maximum Gasteiger partial charge on any atom is 0.325 e. The molecule has 0 aliphatic carbocycles. The first-order valence-electron chi connectivity index (χ1n) is 10.2. The molecule has 8 heteroatoms. The summed E-state index contributed by atoms with van der Waals surface area (Å²) in [7, 11) is 0. The Morgan fingerprint density at radius 2 is 2.03 bits per heavy atom. The van der Waals surface area contributed by atoms with Crippen LogP contribution in [0, 0.1) is 12.7 Å². The smallest absolute Gasteiger partial charge is 0.325 e. The van der Waals surface area contributed by atoms with Gasteiger partial charge >= 0.3 is 6.03 Å². The standard InChI is InChI=1S/C21H29FN4O3/c1-4-21(5-2)19(28)26(20(29)24-21)13-18(27)23-15-7-6-10-25(12-15)17-11-14(3)8-9-16(17)22/h8-9,11,15H,4-7,10,12-13H2,1-3H3,(H,23,27)(H,24,29). The Morgan fingerprint density at radius 3 is 2.69 bits per heavy atom. The summed E-state index contributed by atoms with van der Waals surface area (Å²) in [5.74, 6) is -1.01. The van der Waals surface area contributed by atoms with Crippen LogP contribution in [0.15, 0.2) is 18.2 Å². The normalized spacial score (nSPS) is 21.3. The number of nitrogens with zero attached hydrogens (tertiary/aromatic N) is 2. The van der Waals surface area contributed by atoms with Crippen LogP contribution in [0.1, 0.15) is 45.1 Å². The summed E-state index contributed by atoms with van der Waals surface area (Å²) in [6, 6.07) is 4.30.